The van der Waals surface area contributed by atoms with Crippen molar-refractivity contribution in [2.75, 3.05) is 11.9 Å². The molecule has 3 nitrogen and oxygen atoms in total. The lowest BCUT2D eigenvalue weighted by Gasteiger charge is -2.20. The van der Waals surface area contributed by atoms with Crippen LogP contribution in [0, 0.1) is 12.3 Å². The van der Waals surface area contributed by atoms with Gasteiger partial charge in [-0.2, -0.15) is 0 Å². The van der Waals surface area contributed by atoms with Crippen molar-refractivity contribution < 1.29 is 9.59 Å². The van der Waals surface area contributed by atoms with Crippen molar-refractivity contribution in [1.82, 2.24) is 0 Å². The molecule has 0 spiro atoms. The third-order valence-electron chi connectivity index (χ3n) is 2.87. The number of Topliss-reactive ketones (excluding diaryl/α,β-unsaturated/α-hetero) is 1. The van der Waals surface area contributed by atoms with Gasteiger partial charge in [0.15, 0.2) is 0 Å². The van der Waals surface area contributed by atoms with Crippen molar-refractivity contribution in [1.29, 1.82) is 0 Å². The predicted octanol–water partition coefficient (Wildman–Crippen LogP) is 3.35. The summed E-state index contributed by atoms with van der Waals surface area (Å²) in [6.07, 6.45) is 0.405. The molecule has 19 heavy (non-hydrogen) atoms. The fourth-order valence-corrected chi connectivity index (χ4v) is 1.85. The van der Waals surface area contributed by atoms with Crippen LogP contribution >= 0.6 is 0 Å². The van der Waals surface area contributed by atoms with E-state index in [1.54, 1.807) is 11.9 Å². The smallest absolute Gasteiger partial charge is 0.234 e. The fraction of sp³-hybridized carbons (Fsp3) is 0.500. The Labute approximate surface area is 115 Å². The number of ketones is 1. The molecule has 0 aromatic heterocycles. The topological polar surface area (TPSA) is 37.4 Å². The highest BCUT2D eigenvalue weighted by Crippen LogP contribution is 2.20. The summed E-state index contributed by atoms with van der Waals surface area (Å²) in [4.78, 5) is 25.4. The van der Waals surface area contributed by atoms with E-state index in [-0.39, 0.29) is 23.5 Å². The molecule has 0 fully saturated rings. The Hall–Kier alpha value is -1.64. The largest absolute Gasteiger partial charge is 0.315 e. The quantitative estimate of drug-likeness (QED) is 0.779. The van der Waals surface area contributed by atoms with E-state index in [0.29, 0.717) is 6.42 Å². The van der Waals surface area contributed by atoms with Gasteiger partial charge in [-0.3, -0.25) is 9.59 Å². The molecule has 1 aromatic rings. The van der Waals surface area contributed by atoms with Gasteiger partial charge in [0.25, 0.3) is 0 Å². The van der Waals surface area contributed by atoms with Crippen molar-refractivity contribution in [3.63, 3.8) is 0 Å². The summed E-state index contributed by atoms with van der Waals surface area (Å²) < 4.78 is 0. The molecule has 0 unspecified atom stereocenters. The zero-order chi connectivity index (χ0) is 14.6. The van der Waals surface area contributed by atoms with Gasteiger partial charge in [-0.15, -0.1) is 0 Å². The predicted molar refractivity (Wildman–Crippen MR) is 78.3 cm³/mol. The van der Waals surface area contributed by atoms with Crippen molar-refractivity contribution in [2.45, 2.75) is 40.5 Å². The Bertz CT molecular complexity index is 455. The van der Waals surface area contributed by atoms with Crippen molar-refractivity contribution in [3.05, 3.63) is 29.8 Å². The highest BCUT2D eigenvalue weighted by molar-refractivity contribution is 6.05. The van der Waals surface area contributed by atoms with Crippen LogP contribution in [0.4, 0.5) is 5.69 Å². The normalized spacial score (nSPS) is 11.2. The van der Waals surface area contributed by atoms with E-state index >= 15 is 0 Å². The van der Waals surface area contributed by atoms with Gasteiger partial charge in [0.1, 0.15) is 5.78 Å². The lowest BCUT2D eigenvalue weighted by atomic mass is 9.89. The number of aryl methyl sites for hydroxylation is 1. The number of hydrogen-bond donors (Lipinski definition) is 0. The van der Waals surface area contributed by atoms with Crippen LogP contribution in [0.2, 0.25) is 0 Å². The van der Waals surface area contributed by atoms with Crippen LogP contribution in [0.5, 0.6) is 0 Å². The van der Waals surface area contributed by atoms with Crippen LogP contribution in [0.15, 0.2) is 24.3 Å². The molecule has 0 heterocycles. The standard InChI is InChI=1S/C16H23NO2/c1-12-6-8-13(9-7-12)17(5)15(19)10-14(18)11-16(2,3)4/h6-9H,10-11H2,1-5H3. The second-order valence-electron chi connectivity index (χ2n) is 6.24. The molecule has 1 aromatic carbocycles. The molecule has 0 bridgehead atoms. The molecule has 0 N–H and O–H groups in total. The number of carbonyl (C=O) groups excluding carboxylic acids is 2. The first-order chi connectivity index (χ1) is 8.69. The van der Waals surface area contributed by atoms with Crippen molar-refractivity contribution in [2.24, 2.45) is 5.41 Å². The maximum Gasteiger partial charge on any atom is 0.234 e. The van der Waals surface area contributed by atoms with Gasteiger partial charge in [0, 0.05) is 19.2 Å². The van der Waals surface area contributed by atoms with E-state index < -0.39 is 0 Å². The summed E-state index contributed by atoms with van der Waals surface area (Å²) >= 11 is 0. The Morgan fingerprint density at radius 1 is 1.11 bits per heavy atom. The third kappa shape index (κ3) is 5.25. The van der Waals surface area contributed by atoms with Gasteiger partial charge in [-0.25, -0.2) is 0 Å². The zero-order valence-corrected chi connectivity index (χ0v) is 12.5. The first-order valence-corrected chi connectivity index (χ1v) is 6.54. The van der Waals surface area contributed by atoms with E-state index in [1.807, 2.05) is 52.0 Å². The van der Waals surface area contributed by atoms with Gasteiger partial charge in [0.2, 0.25) is 5.91 Å². The van der Waals surface area contributed by atoms with E-state index in [2.05, 4.69) is 0 Å². The Morgan fingerprint density at radius 3 is 2.11 bits per heavy atom. The lowest BCUT2D eigenvalue weighted by Crippen LogP contribution is -2.29. The van der Waals surface area contributed by atoms with E-state index in [0.717, 1.165) is 11.3 Å². The van der Waals surface area contributed by atoms with Crippen LogP contribution in [-0.2, 0) is 9.59 Å². The molecular formula is C16H23NO2. The van der Waals surface area contributed by atoms with Crippen LogP contribution in [-0.4, -0.2) is 18.7 Å². The molecule has 0 radical (unpaired) electrons. The minimum atomic E-state index is -0.155. The van der Waals surface area contributed by atoms with Crippen LogP contribution in [0.3, 0.4) is 0 Å². The van der Waals surface area contributed by atoms with E-state index in [9.17, 15) is 9.59 Å². The number of carbonyl (C=O) groups is 2. The highest BCUT2D eigenvalue weighted by atomic mass is 16.2. The van der Waals surface area contributed by atoms with E-state index in [4.69, 9.17) is 0 Å². The Morgan fingerprint density at radius 2 is 1.63 bits per heavy atom. The average molecular weight is 261 g/mol. The van der Waals surface area contributed by atoms with Gasteiger partial charge >= 0.3 is 0 Å². The minimum Gasteiger partial charge on any atom is -0.315 e. The van der Waals surface area contributed by atoms with Gasteiger partial charge in [-0.05, 0) is 24.5 Å². The maximum absolute atomic E-state index is 12.0. The van der Waals surface area contributed by atoms with Crippen LogP contribution in [0.25, 0.3) is 0 Å². The van der Waals surface area contributed by atoms with Gasteiger partial charge in [0.05, 0.1) is 6.42 Å². The van der Waals surface area contributed by atoms with Gasteiger partial charge in [-0.1, -0.05) is 38.5 Å². The second-order valence-corrected chi connectivity index (χ2v) is 6.24. The zero-order valence-electron chi connectivity index (χ0n) is 12.5. The SMILES string of the molecule is Cc1ccc(N(C)C(=O)CC(=O)CC(C)(C)C)cc1. The molecule has 0 saturated carbocycles. The molecule has 0 aliphatic heterocycles. The molecule has 3 heteroatoms. The maximum atomic E-state index is 12.0. The van der Waals surface area contributed by atoms with Crippen molar-refractivity contribution >= 4 is 17.4 Å². The minimum absolute atomic E-state index is 0.00328. The molecule has 1 amide bonds. The third-order valence-corrected chi connectivity index (χ3v) is 2.87. The summed E-state index contributed by atoms with van der Waals surface area (Å²) in [5, 5.41) is 0. The summed E-state index contributed by atoms with van der Waals surface area (Å²) in [6, 6.07) is 7.69. The average Bonchev–Trinajstić information content (AvgIpc) is 2.26. The van der Waals surface area contributed by atoms with Crippen LogP contribution in [0.1, 0.15) is 39.2 Å². The number of rotatable bonds is 4. The molecular weight excluding hydrogens is 238 g/mol. The number of benzene rings is 1. The summed E-state index contributed by atoms with van der Waals surface area (Å²) in [7, 11) is 1.71. The molecule has 0 aliphatic rings. The summed E-state index contributed by atoms with van der Waals surface area (Å²) in [5.41, 5.74) is 1.90. The number of amides is 1. The first kappa shape index (κ1) is 15.4. The summed E-state index contributed by atoms with van der Waals surface area (Å²) in [5.74, 6) is -0.158. The Balaban J connectivity index is 2.63. The van der Waals surface area contributed by atoms with E-state index in [1.165, 1.54) is 0 Å². The molecule has 1 rings (SSSR count). The molecule has 0 saturated heterocycles. The number of nitrogens with zero attached hydrogens (tertiary/aromatic N) is 1. The molecule has 0 aliphatic carbocycles. The Kier molecular flexibility index (Phi) is 4.87. The highest BCUT2D eigenvalue weighted by Gasteiger charge is 2.20. The van der Waals surface area contributed by atoms with Crippen LogP contribution < -0.4 is 4.90 Å². The lowest BCUT2D eigenvalue weighted by molar-refractivity contribution is -0.127. The summed E-state index contributed by atoms with van der Waals surface area (Å²) in [6.45, 7) is 8.00. The monoisotopic (exact) mass is 261 g/mol. The fourth-order valence-electron chi connectivity index (χ4n) is 1.85. The first-order valence-electron chi connectivity index (χ1n) is 6.54. The van der Waals surface area contributed by atoms with Crippen molar-refractivity contribution in [3.8, 4) is 0 Å². The second kappa shape index (κ2) is 6.00. The molecule has 0 atom stereocenters. The molecule has 104 valence electrons. The van der Waals surface area contributed by atoms with Gasteiger partial charge < -0.3 is 4.90 Å². The number of anilines is 1. The number of hydrogen-bond acceptors (Lipinski definition) is 2.